The van der Waals surface area contributed by atoms with E-state index in [-0.39, 0.29) is 6.42 Å². The predicted octanol–water partition coefficient (Wildman–Crippen LogP) is 1.03. The van der Waals surface area contributed by atoms with Gasteiger partial charge in [-0.05, 0) is 27.2 Å². The molecule has 0 aromatic carbocycles. The first-order chi connectivity index (χ1) is 44.0. The topological polar surface area (TPSA) is 394 Å². The minimum absolute atomic E-state index is 0.314. The monoisotopic (exact) mass is 1310 g/mol. The number of hydrogen-bond acceptors (Lipinski definition) is 30. The van der Waals surface area contributed by atoms with E-state index in [2.05, 4.69) is 35.5 Å². The SMILES string of the molecule is C#CCOC(=O)CCC(=O)OCC(C)(COC(=O)CCC(=O)OCC#C)C(=O)OCC(CC)(COC(=O)C(C)(COC(=O)CCC(=O)OCC#C)COC(=O)CCC(=O)OCC#C)COC(=O)C(C)(COC(=O)CCC(=O)OCC#C)COC(=O)CCC(=O)OCC#C. The van der Waals surface area contributed by atoms with Crippen molar-refractivity contribution in [1.82, 2.24) is 0 Å². The van der Waals surface area contributed by atoms with Gasteiger partial charge in [0, 0.05) is 0 Å². The van der Waals surface area contributed by atoms with Gasteiger partial charge < -0.3 is 71.1 Å². The number of esters is 15. The van der Waals surface area contributed by atoms with Gasteiger partial charge in [-0.15, -0.1) is 38.5 Å². The molecule has 30 nitrogen and oxygen atoms in total. The van der Waals surface area contributed by atoms with Crippen LogP contribution in [0, 0.1) is 95.7 Å². The largest absolute Gasteiger partial charge is 0.464 e. The second-order valence-corrected chi connectivity index (χ2v) is 20.4. The van der Waals surface area contributed by atoms with Crippen LogP contribution in [0.3, 0.4) is 0 Å². The summed E-state index contributed by atoms with van der Waals surface area (Å²) in [5.41, 5.74) is -8.50. The van der Waals surface area contributed by atoms with Gasteiger partial charge in [0.25, 0.3) is 0 Å². The number of carbonyl (C=O) groups is 15. The van der Waals surface area contributed by atoms with Crippen LogP contribution in [0.2, 0.25) is 0 Å². The van der Waals surface area contributed by atoms with Crippen molar-refractivity contribution in [3.63, 3.8) is 0 Å². The summed E-state index contributed by atoms with van der Waals surface area (Å²) in [6, 6.07) is 0. The number of hydrogen-bond donors (Lipinski definition) is 0. The van der Waals surface area contributed by atoms with E-state index >= 15 is 0 Å². The zero-order chi connectivity index (χ0) is 70.3. The van der Waals surface area contributed by atoms with Crippen LogP contribution in [0.5, 0.6) is 0 Å². The Morgan fingerprint density at radius 3 is 0.505 bits per heavy atom. The van der Waals surface area contributed by atoms with Crippen LogP contribution >= 0.6 is 0 Å². The van der Waals surface area contributed by atoms with Crippen LogP contribution in [0.15, 0.2) is 0 Å². The molecule has 0 radical (unpaired) electrons. The summed E-state index contributed by atoms with van der Waals surface area (Å²) < 4.78 is 77.7. The van der Waals surface area contributed by atoms with E-state index in [1.54, 1.807) is 0 Å². The van der Waals surface area contributed by atoms with Gasteiger partial charge in [-0.3, -0.25) is 71.9 Å². The van der Waals surface area contributed by atoms with Crippen LogP contribution in [0.1, 0.15) is 111 Å². The average Bonchev–Trinajstić information content (AvgIpc) is 1.10. The van der Waals surface area contributed by atoms with Gasteiger partial charge >= 0.3 is 89.5 Å². The van der Waals surface area contributed by atoms with Gasteiger partial charge in [0.05, 0.1) is 82.5 Å². The number of ether oxygens (including phenoxy) is 15. The van der Waals surface area contributed by atoms with E-state index in [0.717, 1.165) is 20.8 Å². The minimum atomic E-state index is -2.18. The van der Waals surface area contributed by atoms with Gasteiger partial charge in [-0.2, -0.15) is 0 Å². The maximum Gasteiger partial charge on any atom is 0.318 e. The Bertz CT molecular complexity index is 2440. The van der Waals surface area contributed by atoms with Gasteiger partial charge in [-0.25, -0.2) is 0 Å². The molecular weight excluding hydrogens is 1240 g/mol. The standard InChI is InChI=1S/C63H74O30/c1-11-30-79-45(64)18-24-51(70)85-36-60(8,37-86-52(71)25-19-46(65)80-31-12-2)57(76)91-42-63(17-7,43-92-58(77)61(9,38-87-53(72)26-20-47(66)81-32-13-3)39-88-54(73)27-21-48(67)82-33-14-4)44-93-59(78)62(10,40-89-55(74)28-22-49(68)83-34-15-5)41-90-56(75)29-23-50(69)84-35-16-6/h1-6H,17-44H2,7-10H3. The number of rotatable bonds is 46. The lowest BCUT2D eigenvalue weighted by molar-refractivity contribution is -0.183. The molecule has 30 heteroatoms. The summed E-state index contributed by atoms with van der Waals surface area (Å²) >= 11 is 0. The van der Waals surface area contributed by atoms with E-state index in [9.17, 15) is 71.9 Å². The summed E-state index contributed by atoms with van der Waals surface area (Å²) in [6.45, 7) is -6.22. The third kappa shape index (κ3) is 36.6. The summed E-state index contributed by atoms with van der Waals surface area (Å²) in [5, 5.41) is 0. The molecule has 0 rings (SSSR count). The van der Waals surface area contributed by atoms with Gasteiger partial charge in [0.15, 0.2) is 39.6 Å². The molecule has 0 amide bonds. The quantitative estimate of drug-likeness (QED) is 0.0466. The maximum atomic E-state index is 14.5. The third-order valence-corrected chi connectivity index (χ3v) is 12.2. The molecular formula is C63H74O30. The molecule has 0 saturated carbocycles. The molecule has 0 aromatic rings. The second-order valence-electron chi connectivity index (χ2n) is 20.4. The molecule has 0 aliphatic carbocycles. The first-order valence-electron chi connectivity index (χ1n) is 28.0. The second kappa shape index (κ2) is 45.6. The fourth-order valence-electron chi connectivity index (χ4n) is 6.35. The Balaban J connectivity index is 7.68. The molecule has 0 spiro atoms. The zero-order valence-corrected chi connectivity index (χ0v) is 52.0. The molecule has 0 aliphatic heterocycles. The lowest BCUT2D eigenvalue weighted by atomic mass is 9.86. The highest BCUT2D eigenvalue weighted by atomic mass is 16.6. The summed E-state index contributed by atoms with van der Waals surface area (Å²) in [6.07, 6.45) is 23.5. The minimum Gasteiger partial charge on any atom is -0.464 e. The van der Waals surface area contributed by atoms with Gasteiger partial charge in [-0.1, -0.05) is 42.4 Å². The molecule has 0 aliphatic rings. The first kappa shape index (κ1) is 82.4. The van der Waals surface area contributed by atoms with Crippen molar-refractivity contribution in [3.05, 3.63) is 0 Å². The molecule has 0 saturated heterocycles. The molecule has 0 aromatic heterocycles. The Morgan fingerprint density at radius 2 is 0.376 bits per heavy atom. The van der Waals surface area contributed by atoms with Crippen LogP contribution in [-0.4, -0.2) is 189 Å². The Hall–Kier alpha value is -10.6. The van der Waals surface area contributed by atoms with E-state index < -0.39 is 287 Å². The summed E-state index contributed by atoms with van der Waals surface area (Å²) in [4.78, 5) is 193. The normalized spacial score (nSPS) is 10.6. The molecule has 0 heterocycles. The van der Waals surface area contributed by atoms with Crippen molar-refractivity contribution in [1.29, 1.82) is 0 Å². The van der Waals surface area contributed by atoms with Crippen LogP contribution in [-0.2, 0) is 143 Å². The molecule has 0 N–H and O–H groups in total. The Kier molecular flexibility index (Phi) is 40.4. The van der Waals surface area contributed by atoms with E-state index in [4.69, 9.17) is 110 Å². The van der Waals surface area contributed by atoms with Gasteiger partial charge in [0.2, 0.25) is 0 Å². The molecule has 0 atom stereocenters. The fourth-order valence-corrected chi connectivity index (χ4v) is 6.35. The molecule has 0 unspecified atom stereocenters. The van der Waals surface area contributed by atoms with Crippen molar-refractivity contribution >= 4 is 89.5 Å². The van der Waals surface area contributed by atoms with E-state index in [0.29, 0.717) is 0 Å². The molecule has 506 valence electrons. The molecule has 93 heavy (non-hydrogen) atoms. The highest BCUT2D eigenvalue weighted by Gasteiger charge is 2.46. The van der Waals surface area contributed by atoms with Crippen LogP contribution < -0.4 is 0 Å². The summed E-state index contributed by atoms with van der Waals surface area (Å²) in [5.74, 6) is -3.33. The highest BCUT2D eigenvalue weighted by molar-refractivity contribution is 5.84. The highest BCUT2D eigenvalue weighted by Crippen LogP contribution is 2.32. The van der Waals surface area contributed by atoms with Crippen molar-refractivity contribution < 1.29 is 143 Å². The van der Waals surface area contributed by atoms with Crippen molar-refractivity contribution in [2.24, 2.45) is 21.7 Å². The predicted molar refractivity (Wildman–Crippen MR) is 310 cm³/mol. The van der Waals surface area contributed by atoms with E-state index in [1.165, 1.54) is 6.92 Å². The number of carbonyl (C=O) groups excluding carboxylic acids is 15. The maximum absolute atomic E-state index is 14.5. The fraction of sp³-hybridized carbons (Fsp3) is 0.571. The Labute approximate surface area is 536 Å². The first-order valence-corrected chi connectivity index (χ1v) is 28.0. The van der Waals surface area contributed by atoms with Crippen molar-refractivity contribution in [2.45, 2.75) is 111 Å². The average molecular weight is 1310 g/mol. The Morgan fingerprint density at radius 1 is 0.237 bits per heavy atom. The van der Waals surface area contributed by atoms with Crippen molar-refractivity contribution in [2.75, 3.05) is 99.1 Å². The van der Waals surface area contributed by atoms with Crippen LogP contribution in [0.4, 0.5) is 0 Å². The smallest absolute Gasteiger partial charge is 0.318 e. The van der Waals surface area contributed by atoms with E-state index in [1.807, 2.05) is 0 Å². The molecule has 0 fully saturated rings. The number of terminal acetylenes is 6. The van der Waals surface area contributed by atoms with Crippen molar-refractivity contribution in [3.8, 4) is 74.1 Å². The lowest BCUT2D eigenvalue weighted by Gasteiger charge is -2.35. The lowest BCUT2D eigenvalue weighted by Crippen LogP contribution is -2.47. The summed E-state index contributed by atoms with van der Waals surface area (Å²) in [7, 11) is 0. The van der Waals surface area contributed by atoms with Crippen LogP contribution in [0.25, 0.3) is 0 Å². The van der Waals surface area contributed by atoms with Gasteiger partial charge in [0.1, 0.15) is 75.7 Å². The molecule has 0 bridgehead atoms. The third-order valence-electron chi connectivity index (χ3n) is 12.2. The zero-order valence-electron chi connectivity index (χ0n) is 52.0.